The molecule has 98 valence electrons. The van der Waals surface area contributed by atoms with Crippen molar-refractivity contribution in [3.63, 3.8) is 0 Å². The molecule has 1 aromatic rings. The summed E-state index contributed by atoms with van der Waals surface area (Å²) in [5.41, 5.74) is 0.928. The normalized spacial score (nSPS) is 23.7. The Hall–Kier alpha value is -1.58. The van der Waals surface area contributed by atoms with Gasteiger partial charge in [0.15, 0.2) is 0 Å². The Morgan fingerprint density at radius 2 is 2.17 bits per heavy atom. The molecule has 1 saturated carbocycles. The topological polar surface area (TPSA) is 59.4 Å². The Bertz CT molecular complexity index is 445. The van der Waals surface area contributed by atoms with Gasteiger partial charge >= 0.3 is 5.97 Å². The number of aryl methyl sites for hydroxylation is 1. The van der Waals surface area contributed by atoms with Gasteiger partial charge in [0.1, 0.15) is 17.4 Å². The summed E-state index contributed by atoms with van der Waals surface area (Å²) in [6, 6.07) is 1.71. The SMILES string of the molecule is Cc1cc(OC2CCCCC2C)c(C(=O)O)cn1. The predicted molar refractivity (Wildman–Crippen MR) is 68.0 cm³/mol. The number of hydrogen-bond donors (Lipinski definition) is 1. The van der Waals surface area contributed by atoms with Gasteiger partial charge in [-0.25, -0.2) is 4.79 Å². The first-order valence-electron chi connectivity index (χ1n) is 6.44. The molecule has 1 N–H and O–H groups in total. The highest BCUT2D eigenvalue weighted by molar-refractivity contribution is 5.90. The highest BCUT2D eigenvalue weighted by Gasteiger charge is 2.24. The zero-order chi connectivity index (χ0) is 13.1. The summed E-state index contributed by atoms with van der Waals surface area (Å²) in [6.07, 6.45) is 6.04. The lowest BCUT2D eigenvalue weighted by atomic mass is 9.88. The molecule has 0 radical (unpaired) electrons. The summed E-state index contributed by atoms with van der Waals surface area (Å²) in [5.74, 6) is -0.0522. The Kier molecular flexibility index (Phi) is 3.84. The third-order valence-electron chi connectivity index (χ3n) is 3.54. The van der Waals surface area contributed by atoms with Crippen LogP contribution in [-0.4, -0.2) is 22.2 Å². The maximum absolute atomic E-state index is 11.1. The van der Waals surface area contributed by atoms with E-state index in [9.17, 15) is 4.79 Å². The van der Waals surface area contributed by atoms with Crippen LogP contribution >= 0.6 is 0 Å². The number of hydrogen-bond acceptors (Lipinski definition) is 3. The maximum atomic E-state index is 11.1. The lowest BCUT2D eigenvalue weighted by Gasteiger charge is -2.29. The summed E-state index contributed by atoms with van der Waals surface area (Å²) in [4.78, 5) is 15.1. The molecule has 1 aliphatic carbocycles. The number of carboxylic acids is 1. The van der Waals surface area contributed by atoms with Crippen molar-refractivity contribution in [3.8, 4) is 5.75 Å². The van der Waals surface area contributed by atoms with Crippen LogP contribution in [0.5, 0.6) is 5.75 Å². The molecule has 2 unspecified atom stereocenters. The third-order valence-corrected chi connectivity index (χ3v) is 3.54. The number of carboxylic acid groups (broad SMARTS) is 1. The molecule has 2 rings (SSSR count). The average molecular weight is 249 g/mol. The number of rotatable bonds is 3. The van der Waals surface area contributed by atoms with Crippen LogP contribution in [-0.2, 0) is 0 Å². The van der Waals surface area contributed by atoms with Crippen LogP contribution in [0.4, 0.5) is 0 Å². The number of pyridine rings is 1. The fraction of sp³-hybridized carbons (Fsp3) is 0.571. The van der Waals surface area contributed by atoms with Crippen LogP contribution in [0.25, 0.3) is 0 Å². The van der Waals surface area contributed by atoms with Gasteiger partial charge in [-0.2, -0.15) is 0 Å². The van der Waals surface area contributed by atoms with Gasteiger partial charge in [-0.15, -0.1) is 0 Å². The summed E-state index contributed by atoms with van der Waals surface area (Å²) in [7, 11) is 0. The summed E-state index contributed by atoms with van der Waals surface area (Å²) in [6.45, 7) is 4.00. The molecule has 0 aromatic carbocycles. The summed E-state index contributed by atoms with van der Waals surface area (Å²) >= 11 is 0. The lowest BCUT2D eigenvalue weighted by molar-refractivity contribution is 0.0672. The van der Waals surface area contributed by atoms with E-state index in [-0.39, 0.29) is 11.7 Å². The first kappa shape index (κ1) is 12.9. The van der Waals surface area contributed by atoms with E-state index < -0.39 is 5.97 Å². The first-order chi connectivity index (χ1) is 8.58. The second-order valence-electron chi connectivity index (χ2n) is 5.05. The first-order valence-corrected chi connectivity index (χ1v) is 6.44. The van der Waals surface area contributed by atoms with E-state index in [0.29, 0.717) is 11.7 Å². The Morgan fingerprint density at radius 1 is 1.44 bits per heavy atom. The monoisotopic (exact) mass is 249 g/mol. The molecule has 0 amide bonds. The lowest BCUT2D eigenvalue weighted by Crippen LogP contribution is -2.29. The van der Waals surface area contributed by atoms with Gasteiger partial charge in [-0.1, -0.05) is 13.3 Å². The molecule has 0 bridgehead atoms. The van der Waals surface area contributed by atoms with Crippen molar-refractivity contribution >= 4 is 5.97 Å². The molecule has 2 atom stereocenters. The number of carbonyl (C=O) groups is 1. The van der Waals surface area contributed by atoms with Crippen molar-refractivity contribution in [3.05, 3.63) is 23.5 Å². The van der Waals surface area contributed by atoms with E-state index in [4.69, 9.17) is 9.84 Å². The van der Waals surface area contributed by atoms with E-state index >= 15 is 0 Å². The molecule has 1 aliphatic rings. The molecule has 0 saturated heterocycles. The van der Waals surface area contributed by atoms with Crippen molar-refractivity contribution < 1.29 is 14.6 Å². The van der Waals surface area contributed by atoms with Crippen LogP contribution < -0.4 is 4.74 Å². The molecule has 0 aliphatic heterocycles. The summed E-state index contributed by atoms with van der Waals surface area (Å²) < 4.78 is 5.92. The van der Waals surface area contributed by atoms with Gasteiger partial charge in [0.05, 0.1) is 0 Å². The number of aromatic carboxylic acids is 1. The molecule has 18 heavy (non-hydrogen) atoms. The van der Waals surface area contributed by atoms with Crippen molar-refractivity contribution in [2.24, 2.45) is 5.92 Å². The van der Waals surface area contributed by atoms with Crippen molar-refractivity contribution in [1.29, 1.82) is 0 Å². The highest BCUT2D eigenvalue weighted by atomic mass is 16.5. The predicted octanol–water partition coefficient (Wildman–Crippen LogP) is 3.05. The van der Waals surface area contributed by atoms with Crippen molar-refractivity contribution in [2.75, 3.05) is 0 Å². The minimum Gasteiger partial charge on any atom is -0.489 e. The molecule has 1 heterocycles. The van der Waals surface area contributed by atoms with Gasteiger partial charge in [-0.3, -0.25) is 4.98 Å². The van der Waals surface area contributed by atoms with E-state index in [1.807, 2.05) is 6.92 Å². The molecule has 1 fully saturated rings. The Balaban J connectivity index is 2.21. The minimum absolute atomic E-state index is 0.124. The Labute approximate surface area is 107 Å². The van der Waals surface area contributed by atoms with E-state index in [0.717, 1.165) is 25.0 Å². The van der Waals surface area contributed by atoms with Crippen LogP contribution in [0.1, 0.15) is 48.7 Å². The van der Waals surface area contributed by atoms with Crippen molar-refractivity contribution in [1.82, 2.24) is 4.98 Å². The van der Waals surface area contributed by atoms with E-state index in [1.165, 1.54) is 12.6 Å². The second kappa shape index (κ2) is 5.38. The van der Waals surface area contributed by atoms with E-state index in [2.05, 4.69) is 11.9 Å². The van der Waals surface area contributed by atoms with Crippen LogP contribution in [0.2, 0.25) is 0 Å². The van der Waals surface area contributed by atoms with Gasteiger partial charge in [-0.05, 0) is 32.1 Å². The minimum atomic E-state index is -0.985. The smallest absolute Gasteiger partial charge is 0.341 e. The van der Waals surface area contributed by atoms with Gasteiger partial charge < -0.3 is 9.84 Å². The second-order valence-corrected chi connectivity index (χ2v) is 5.05. The standard InChI is InChI=1S/C14H19NO3/c1-9-5-3-4-6-12(9)18-13-7-10(2)15-8-11(13)14(16)17/h7-9,12H,3-6H2,1-2H3,(H,16,17). The molecule has 1 aromatic heterocycles. The molecular weight excluding hydrogens is 230 g/mol. The highest BCUT2D eigenvalue weighted by Crippen LogP contribution is 2.29. The van der Waals surface area contributed by atoms with Gasteiger partial charge in [0, 0.05) is 18.0 Å². The molecule has 4 nitrogen and oxygen atoms in total. The molecule has 4 heteroatoms. The summed E-state index contributed by atoms with van der Waals surface area (Å²) in [5, 5.41) is 9.13. The fourth-order valence-corrected chi connectivity index (χ4v) is 2.41. The van der Waals surface area contributed by atoms with Crippen LogP contribution in [0.3, 0.4) is 0 Å². The molecule has 0 spiro atoms. The quantitative estimate of drug-likeness (QED) is 0.894. The fourth-order valence-electron chi connectivity index (χ4n) is 2.41. The number of nitrogens with zero attached hydrogens (tertiary/aromatic N) is 1. The molecular formula is C14H19NO3. The number of aromatic nitrogens is 1. The maximum Gasteiger partial charge on any atom is 0.341 e. The van der Waals surface area contributed by atoms with Gasteiger partial charge in [0.2, 0.25) is 0 Å². The van der Waals surface area contributed by atoms with Gasteiger partial charge in [0.25, 0.3) is 0 Å². The average Bonchev–Trinajstić information content (AvgIpc) is 2.32. The largest absolute Gasteiger partial charge is 0.489 e. The Morgan fingerprint density at radius 3 is 2.83 bits per heavy atom. The van der Waals surface area contributed by atoms with Crippen molar-refractivity contribution in [2.45, 2.75) is 45.6 Å². The zero-order valence-corrected chi connectivity index (χ0v) is 10.8. The number of ether oxygens (including phenoxy) is 1. The van der Waals surface area contributed by atoms with E-state index in [1.54, 1.807) is 6.07 Å². The van der Waals surface area contributed by atoms with Crippen LogP contribution in [0.15, 0.2) is 12.3 Å². The zero-order valence-electron chi connectivity index (χ0n) is 10.8. The van der Waals surface area contributed by atoms with Crippen LogP contribution in [0, 0.1) is 12.8 Å². The third kappa shape index (κ3) is 2.81.